The number of carbonyl (C=O) groups excluding carboxylic acids is 1. The normalized spacial score (nSPS) is 14.7. The van der Waals surface area contributed by atoms with Crippen molar-refractivity contribution in [1.29, 1.82) is 0 Å². The summed E-state index contributed by atoms with van der Waals surface area (Å²) in [4.78, 5) is 22.5. The van der Waals surface area contributed by atoms with E-state index in [1.807, 2.05) is 24.3 Å². The summed E-state index contributed by atoms with van der Waals surface area (Å²) in [5.41, 5.74) is 1.35. The average Bonchev–Trinajstić information content (AvgIpc) is 2.37. The van der Waals surface area contributed by atoms with E-state index in [1.165, 1.54) is 0 Å². The summed E-state index contributed by atoms with van der Waals surface area (Å²) in [6.07, 6.45) is 1.66. The molecule has 0 aliphatic carbocycles. The van der Waals surface area contributed by atoms with Crippen molar-refractivity contribution in [2.45, 2.75) is 19.4 Å². The van der Waals surface area contributed by atoms with Crippen molar-refractivity contribution in [3.8, 4) is 5.75 Å². The van der Waals surface area contributed by atoms with Gasteiger partial charge in [-0.15, -0.1) is 0 Å². The molecule has 1 atom stereocenters. The van der Waals surface area contributed by atoms with Gasteiger partial charge in [0.25, 0.3) is 5.91 Å². The van der Waals surface area contributed by atoms with Gasteiger partial charge in [-0.3, -0.25) is 9.59 Å². The molecular formula is C14H15NO4. The summed E-state index contributed by atoms with van der Waals surface area (Å²) >= 11 is 0. The fourth-order valence-corrected chi connectivity index (χ4v) is 1.88. The maximum atomic E-state index is 11.9. The van der Waals surface area contributed by atoms with Gasteiger partial charge in [-0.2, -0.15) is 0 Å². The van der Waals surface area contributed by atoms with E-state index in [2.05, 4.69) is 5.32 Å². The zero-order valence-corrected chi connectivity index (χ0v) is 10.6. The molecule has 1 aromatic rings. The van der Waals surface area contributed by atoms with Gasteiger partial charge in [0.15, 0.2) is 0 Å². The molecule has 1 unspecified atom stereocenters. The first-order valence-corrected chi connectivity index (χ1v) is 6.01. The van der Waals surface area contributed by atoms with Crippen molar-refractivity contribution in [2.75, 3.05) is 6.61 Å². The van der Waals surface area contributed by atoms with E-state index in [1.54, 1.807) is 13.0 Å². The van der Waals surface area contributed by atoms with Gasteiger partial charge in [0.1, 0.15) is 12.4 Å². The number of para-hydroxylation sites is 1. The van der Waals surface area contributed by atoms with Crippen LogP contribution in [-0.2, 0) is 9.59 Å². The lowest BCUT2D eigenvalue weighted by molar-refractivity contribution is -0.137. The molecule has 0 saturated carbocycles. The van der Waals surface area contributed by atoms with E-state index in [9.17, 15) is 9.59 Å². The third kappa shape index (κ3) is 3.34. The lowest BCUT2D eigenvalue weighted by Gasteiger charge is -2.19. The lowest BCUT2D eigenvalue weighted by atomic mass is 10.1. The van der Waals surface area contributed by atoms with E-state index < -0.39 is 12.0 Å². The molecule has 1 aromatic carbocycles. The minimum Gasteiger partial charge on any atom is -0.488 e. The molecule has 2 rings (SSSR count). The zero-order chi connectivity index (χ0) is 13.8. The topological polar surface area (TPSA) is 75.6 Å². The van der Waals surface area contributed by atoms with Crippen LogP contribution in [0.1, 0.15) is 18.9 Å². The van der Waals surface area contributed by atoms with Gasteiger partial charge in [0.05, 0.1) is 12.0 Å². The van der Waals surface area contributed by atoms with Crippen molar-refractivity contribution >= 4 is 18.0 Å². The summed E-state index contributed by atoms with van der Waals surface area (Å²) < 4.78 is 5.47. The number of amides is 1. The second kappa shape index (κ2) is 5.56. The number of benzene rings is 1. The van der Waals surface area contributed by atoms with Gasteiger partial charge in [-0.25, -0.2) is 0 Å². The minimum absolute atomic E-state index is 0.101. The predicted molar refractivity (Wildman–Crippen MR) is 69.8 cm³/mol. The highest BCUT2D eigenvalue weighted by Crippen LogP contribution is 2.25. The van der Waals surface area contributed by atoms with Gasteiger partial charge in [0.2, 0.25) is 0 Å². The van der Waals surface area contributed by atoms with Crippen LogP contribution in [0.25, 0.3) is 6.08 Å². The molecule has 2 N–H and O–H groups in total. The molecule has 100 valence electrons. The number of carbonyl (C=O) groups is 2. The first kappa shape index (κ1) is 13.1. The van der Waals surface area contributed by atoms with E-state index in [0.717, 1.165) is 11.3 Å². The lowest BCUT2D eigenvalue weighted by Crippen LogP contribution is -2.36. The Bertz CT molecular complexity index is 536. The number of aliphatic carboxylic acids is 1. The van der Waals surface area contributed by atoms with Gasteiger partial charge in [0, 0.05) is 11.6 Å². The fourth-order valence-electron chi connectivity index (χ4n) is 1.88. The molecule has 0 aromatic heterocycles. The third-order valence-electron chi connectivity index (χ3n) is 2.78. The SMILES string of the molecule is CC(CC(=O)O)NC(=O)C1=Cc2ccccc2OC1. The van der Waals surface area contributed by atoms with E-state index >= 15 is 0 Å². The van der Waals surface area contributed by atoms with Crippen LogP contribution in [0.2, 0.25) is 0 Å². The fraction of sp³-hybridized carbons (Fsp3) is 0.286. The van der Waals surface area contributed by atoms with Crippen molar-refractivity contribution in [3.63, 3.8) is 0 Å². The second-order valence-electron chi connectivity index (χ2n) is 4.47. The summed E-state index contributed by atoms with van der Waals surface area (Å²) in [6, 6.07) is 7.03. The molecule has 5 nitrogen and oxygen atoms in total. The van der Waals surface area contributed by atoms with Crippen LogP contribution < -0.4 is 10.1 Å². The Balaban J connectivity index is 2.05. The van der Waals surface area contributed by atoms with Crippen LogP contribution in [0.4, 0.5) is 0 Å². The Labute approximate surface area is 110 Å². The highest BCUT2D eigenvalue weighted by Gasteiger charge is 2.19. The summed E-state index contributed by atoms with van der Waals surface area (Å²) in [5.74, 6) is -0.479. The number of nitrogens with one attached hydrogen (secondary N) is 1. The van der Waals surface area contributed by atoms with Gasteiger partial charge in [-0.05, 0) is 19.1 Å². The van der Waals surface area contributed by atoms with Gasteiger partial charge >= 0.3 is 5.97 Å². The Kier molecular flexibility index (Phi) is 3.85. The average molecular weight is 261 g/mol. The Hall–Kier alpha value is -2.30. The number of fused-ring (bicyclic) bond motifs is 1. The second-order valence-corrected chi connectivity index (χ2v) is 4.47. The van der Waals surface area contributed by atoms with Crippen LogP contribution in [-0.4, -0.2) is 29.6 Å². The molecule has 0 bridgehead atoms. The van der Waals surface area contributed by atoms with Crippen molar-refractivity contribution in [3.05, 3.63) is 35.4 Å². The maximum absolute atomic E-state index is 11.9. The molecule has 1 amide bonds. The first-order chi connectivity index (χ1) is 9.06. The molecule has 0 fully saturated rings. The Morgan fingerprint density at radius 3 is 2.89 bits per heavy atom. The van der Waals surface area contributed by atoms with Crippen LogP contribution in [0.5, 0.6) is 5.75 Å². The number of hydrogen-bond donors (Lipinski definition) is 2. The number of carboxylic acids is 1. The van der Waals surface area contributed by atoms with Crippen LogP contribution in [0.15, 0.2) is 29.8 Å². The Morgan fingerprint density at radius 2 is 2.16 bits per heavy atom. The number of carboxylic acid groups (broad SMARTS) is 1. The molecule has 1 heterocycles. The number of hydrogen-bond acceptors (Lipinski definition) is 3. The molecule has 19 heavy (non-hydrogen) atoms. The highest BCUT2D eigenvalue weighted by molar-refractivity contribution is 5.99. The van der Waals surface area contributed by atoms with Gasteiger partial charge in [-0.1, -0.05) is 18.2 Å². The molecule has 5 heteroatoms. The van der Waals surface area contributed by atoms with E-state index in [4.69, 9.17) is 9.84 Å². The van der Waals surface area contributed by atoms with E-state index in [0.29, 0.717) is 5.57 Å². The predicted octanol–water partition coefficient (Wildman–Crippen LogP) is 1.44. The molecular weight excluding hydrogens is 246 g/mol. The summed E-state index contributed by atoms with van der Waals surface area (Å²) in [6.45, 7) is 1.85. The van der Waals surface area contributed by atoms with Gasteiger partial charge < -0.3 is 15.2 Å². The molecule has 1 aliphatic heterocycles. The van der Waals surface area contributed by atoms with Crippen molar-refractivity contribution < 1.29 is 19.4 Å². The standard InChI is InChI=1S/C14H15NO4/c1-9(6-13(16)17)15-14(18)11-7-10-4-2-3-5-12(10)19-8-11/h2-5,7,9H,6,8H2,1H3,(H,15,18)(H,16,17). The van der Waals surface area contributed by atoms with E-state index in [-0.39, 0.29) is 18.9 Å². The first-order valence-electron chi connectivity index (χ1n) is 6.01. The molecule has 0 spiro atoms. The van der Waals surface area contributed by atoms with Crippen LogP contribution in [0.3, 0.4) is 0 Å². The molecule has 0 radical (unpaired) electrons. The largest absolute Gasteiger partial charge is 0.488 e. The maximum Gasteiger partial charge on any atom is 0.305 e. The Morgan fingerprint density at radius 1 is 1.42 bits per heavy atom. The molecule has 1 aliphatic rings. The number of rotatable bonds is 4. The van der Waals surface area contributed by atoms with Crippen molar-refractivity contribution in [1.82, 2.24) is 5.32 Å². The molecule has 0 saturated heterocycles. The third-order valence-corrected chi connectivity index (χ3v) is 2.78. The highest BCUT2D eigenvalue weighted by atomic mass is 16.5. The smallest absolute Gasteiger partial charge is 0.305 e. The number of ether oxygens (including phenoxy) is 1. The summed E-state index contributed by atoms with van der Waals surface area (Å²) in [7, 11) is 0. The monoisotopic (exact) mass is 261 g/mol. The minimum atomic E-state index is -0.938. The van der Waals surface area contributed by atoms with Crippen molar-refractivity contribution in [2.24, 2.45) is 0 Å². The summed E-state index contributed by atoms with van der Waals surface area (Å²) in [5, 5.41) is 11.3. The van der Waals surface area contributed by atoms with Crippen LogP contribution in [0, 0.1) is 0 Å². The quantitative estimate of drug-likeness (QED) is 0.860. The zero-order valence-electron chi connectivity index (χ0n) is 10.6. The van der Waals surface area contributed by atoms with Crippen LogP contribution >= 0.6 is 0 Å².